The number of benzene rings is 2. The molecular formula is C25H26N4O. The van der Waals surface area contributed by atoms with Gasteiger partial charge in [-0.05, 0) is 73.4 Å². The number of rotatable bonds is 5. The van der Waals surface area contributed by atoms with E-state index in [2.05, 4.69) is 47.8 Å². The standard InChI is InChI=1S/C25H26N4O/c1-17-12-19(3)22(13-18(17)2)23-15-26-25(28(23)4)27-24(30)21-9-7-8-20(14-21)16-29-10-5-6-11-29/h5-15H,16H2,1-4H3,(H,26,27,30). The van der Waals surface area contributed by atoms with Crippen LogP contribution in [0.15, 0.2) is 67.1 Å². The number of aromatic nitrogens is 3. The largest absolute Gasteiger partial charge is 0.350 e. The van der Waals surface area contributed by atoms with E-state index in [9.17, 15) is 4.79 Å². The van der Waals surface area contributed by atoms with Crippen molar-refractivity contribution in [1.29, 1.82) is 0 Å². The Morgan fingerprint density at radius 3 is 2.47 bits per heavy atom. The van der Waals surface area contributed by atoms with Crippen molar-refractivity contribution in [2.75, 3.05) is 5.32 Å². The number of amides is 1. The molecule has 2 aromatic heterocycles. The quantitative estimate of drug-likeness (QED) is 0.508. The number of anilines is 1. The van der Waals surface area contributed by atoms with E-state index in [1.807, 2.05) is 66.6 Å². The van der Waals surface area contributed by atoms with Gasteiger partial charge < -0.3 is 9.13 Å². The maximum Gasteiger partial charge on any atom is 0.257 e. The molecule has 0 bridgehead atoms. The summed E-state index contributed by atoms with van der Waals surface area (Å²) < 4.78 is 4.01. The van der Waals surface area contributed by atoms with E-state index in [4.69, 9.17) is 0 Å². The molecule has 0 atom stereocenters. The highest BCUT2D eigenvalue weighted by Crippen LogP contribution is 2.28. The summed E-state index contributed by atoms with van der Waals surface area (Å²) in [5, 5.41) is 2.95. The van der Waals surface area contributed by atoms with E-state index in [1.165, 1.54) is 16.7 Å². The summed E-state index contributed by atoms with van der Waals surface area (Å²) in [6, 6.07) is 16.0. The molecule has 0 aliphatic heterocycles. The molecule has 2 aromatic carbocycles. The first-order chi connectivity index (χ1) is 14.4. The molecule has 30 heavy (non-hydrogen) atoms. The van der Waals surface area contributed by atoms with Crippen molar-refractivity contribution in [3.63, 3.8) is 0 Å². The third kappa shape index (κ3) is 3.92. The number of hydrogen-bond donors (Lipinski definition) is 1. The molecule has 5 nitrogen and oxygen atoms in total. The lowest BCUT2D eigenvalue weighted by molar-refractivity contribution is 0.102. The Hall–Kier alpha value is -3.60. The van der Waals surface area contributed by atoms with Gasteiger partial charge in [0.25, 0.3) is 5.91 Å². The summed E-state index contributed by atoms with van der Waals surface area (Å²) in [5.41, 5.74) is 7.50. The normalized spacial score (nSPS) is 10.9. The number of imidazole rings is 1. The van der Waals surface area contributed by atoms with Crippen molar-refractivity contribution in [2.45, 2.75) is 27.3 Å². The van der Waals surface area contributed by atoms with Crippen LogP contribution in [0.4, 0.5) is 5.95 Å². The van der Waals surface area contributed by atoms with Crippen molar-refractivity contribution in [1.82, 2.24) is 14.1 Å². The van der Waals surface area contributed by atoms with Gasteiger partial charge in [0.1, 0.15) is 0 Å². The van der Waals surface area contributed by atoms with Gasteiger partial charge in [0.05, 0.1) is 11.9 Å². The highest BCUT2D eigenvalue weighted by Gasteiger charge is 2.15. The fourth-order valence-corrected chi connectivity index (χ4v) is 3.68. The molecule has 4 rings (SSSR count). The molecule has 0 radical (unpaired) electrons. The van der Waals surface area contributed by atoms with Gasteiger partial charge in [-0.15, -0.1) is 0 Å². The van der Waals surface area contributed by atoms with E-state index >= 15 is 0 Å². The molecule has 0 aliphatic carbocycles. The molecule has 152 valence electrons. The monoisotopic (exact) mass is 398 g/mol. The van der Waals surface area contributed by atoms with Crippen molar-refractivity contribution < 1.29 is 4.79 Å². The van der Waals surface area contributed by atoms with Crippen LogP contribution in [0.25, 0.3) is 11.3 Å². The topological polar surface area (TPSA) is 51.9 Å². The molecule has 0 saturated heterocycles. The lowest BCUT2D eigenvalue weighted by Crippen LogP contribution is -2.15. The molecule has 0 aliphatic rings. The van der Waals surface area contributed by atoms with Crippen LogP contribution in [-0.4, -0.2) is 20.0 Å². The van der Waals surface area contributed by atoms with Crippen LogP contribution < -0.4 is 5.32 Å². The predicted octanol–water partition coefficient (Wildman–Crippen LogP) is 5.11. The number of hydrogen-bond acceptors (Lipinski definition) is 2. The minimum absolute atomic E-state index is 0.165. The second kappa shape index (κ2) is 8.03. The van der Waals surface area contributed by atoms with Gasteiger partial charge in [-0.3, -0.25) is 10.1 Å². The van der Waals surface area contributed by atoms with E-state index in [0.29, 0.717) is 11.5 Å². The summed E-state index contributed by atoms with van der Waals surface area (Å²) in [7, 11) is 1.93. The van der Waals surface area contributed by atoms with Crippen molar-refractivity contribution in [2.24, 2.45) is 7.05 Å². The van der Waals surface area contributed by atoms with Crippen LogP contribution in [0, 0.1) is 20.8 Å². The number of carbonyl (C=O) groups excluding carboxylic acids is 1. The Balaban J connectivity index is 1.56. The summed E-state index contributed by atoms with van der Waals surface area (Å²) in [6.45, 7) is 7.06. The lowest BCUT2D eigenvalue weighted by Gasteiger charge is -2.12. The molecule has 1 N–H and O–H groups in total. The highest BCUT2D eigenvalue weighted by atomic mass is 16.1. The maximum atomic E-state index is 12.9. The average molecular weight is 399 g/mol. The van der Waals surface area contributed by atoms with E-state index in [-0.39, 0.29) is 5.91 Å². The van der Waals surface area contributed by atoms with Gasteiger partial charge in [0, 0.05) is 37.1 Å². The average Bonchev–Trinajstić information content (AvgIpc) is 3.35. The number of carbonyl (C=O) groups is 1. The molecule has 2 heterocycles. The molecule has 0 spiro atoms. The van der Waals surface area contributed by atoms with E-state index < -0.39 is 0 Å². The van der Waals surface area contributed by atoms with Crippen LogP contribution in [0.2, 0.25) is 0 Å². The summed E-state index contributed by atoms with van der Waals surface area (Å²) >= 11 is 0. The number of aryl methyl sites for hydroxylation is 3. The zero-order valence-electron chi connectivity index (χ0n) is 17.8. The van der Waals surface area contributed by atoms with Crippen LogP contribution in [-0.2, 0) is 13.6 Å². The number of nitrogens with one attached hydrogen (secondary N) is 1. The van der Waals surface area contributed by atoms with Gasteiger partial charge in [-0.1, -0.05) is 18.2 Å². The van der Waals surface area contributed by atoms with Crippen LogP contribution >= 0.6 is 0 Å². The first kappa shape index (κ1) is 19.7. The van der Waals surface area contributed by atoms with Crippen LogP contribution in [0.5, 0.6) is 0 Å². The second-order valence-electron chi connectivity index (χ2n) is 7.79. The maximum absolute atomic E-state index is 12.9. The summed E-state index contributed by atoms with van der Waals surface area (Å²) in [5.74, 6) is 0.366. The molecule has 4 aromatic rings. The number of nitrogens with zero attached hydrogens (tertiary/aromatic N) is 3. The third-order valence-electron chi connectivity index (χ3n) is 5.55. The van der Waals surface area contributed by atoms with Crippen molar-refractivity contribution >= 4 is 11.9 Å². The molecule has 1 amide bonds. The van der Waals surface area contributed by atoms with Gasteiger partial charge in [-0.2, -0.15) is 0 Å². The summed E-state index contributed by atoms with van der Waals surface area (Å²) in [4.78, 5) is 17.3. The van der Waals surface area contributed by atoms with Crippen LogP contribution in [0.1, 0.15) is 32.6 Å². The molecule has 0 saturated carbocycles. The first-order valence-electron chi connectivity index (χ1n) is 10.0. The Labute approximate surface area is 177 Å². The Bertz CT molecular complexity index is 1200. The van der Waals surface area contributed by atoms with Gasteiger partial charge >= 0.3 is 0 Å². The first-order valence-corrected chi connectivity index (χ1v) is 10.0. The van der Waals surface area contributed by atoms with Crippen molar-refractivity contribution in [3.8, 4) is 11.3 Å². The molecule has 0 unspecified atom stereocenters. The fraction of sp³-hybridized carbons (Fsp3) is 0.200. The van der Waals surface area contributed by atoms with E-state index in [0.717, 1.165) is 23.4 Å². The fourth-order valence-electron chi connectivity index (χ4n) is 3.68. The van der Waals surface area contributed by atoms with Crippen LogP contribution in [0.3, 0.4) is 0 Å². The molecule has 0 fully saturated rings. The van der Waals surface area contributed by atoms with Crippen molar-refractivity contribution in [3.05, 3.63) is 94.9 Å². The smallest absolute Gasteiger partial charge is 0.257 e. The SMILES string of the molecule is Cc1cc(C)c(-c2cnc(NC(=O)c3cccc(Cn4cccc4)c3)n2C)cc1C. The minimum Gasteiger partial charge on any atom is -0.350 e. The Kier molecular flexibility index (Phi) is 5.27. The van der Waals surface area contributed by atoms with E-state index in [1.54, 1.807) is 0 Å². The van der Waals surface area contributed by atoms with Gasteiger partial charge in [0.2, 0.25) is 5.95 Å². The second-order valence-corrected chi connectivity index (χ2v) is 7.79. The Morgan fingerprint density at radius 2 is 1.70 bits per heavy atom. The third-order valence-corrected chi connectivity index (χ3v) is 5.55. The van der Waals surface area contributed by atoms with Gasteiger partial charge in [0.15, 0.2) is 0 Å². The lowest BCUT2D eigenvalue weighted by atomic mass is 9.99. The zero-order valence-corrected chi connectivity index (χ0v) is 17.8. The Morgan fingerprint density at radius 1 is 0.967 bits per heavy atom. The van der Waals surface area contributed by atoms with Gasteiger partial charge in [-0.25, -0.2) is 4.98 Å². The highest BCUT2D eigenvalue weighted by molar-refractivity contribution is 6.03. The zero-order chi connectivity index (χ0) is 21.3. The molecular weight excluding hydrogens is 372 g/mol. The minimum atomic E-state index is -0.165. The predicted molar refractivity (Wildman–Crippen MR) is 121 cm³/mol. The molecule has 5 heteroatoms. The summed E-state index contributed by atoms with van der Waals surface area (Å²) in [6.07, 6.45) is 5.84.